The number of benzene rings is 1. The van der Waals surface area contributed by atoms with Gasteiger partial charge in [0.15, 0.2) is 0 Å². The minimum atomic E-state index is -4.14. The van der Waals surface area contributed by atoms with Crippen molar-refractivity contribution in [3.05, 3.63) is 35.4 Å². The Balaban J connectivity index is 0.000000191. The van der Waals surface area contributed by atoms with E-state index in [1.807, 2.05) is 0 Å². The molecule has 1 fully saturated rings. The molecule has 1 aliphatic rings. The van der Waals surface area contributed by atoms with Crippen molar-refractivity contribution in [2.24, 2.45) is 0 Å². The van der Waals surface area contributed by atoms with E-state index in [-0.39, 0.29) is 0 Å². The molecule has 2 rings (SSSR count). The van der Waals surface area contributed by atoms with E-state index in [4.69, 9.17) is 0 Å². The standard InChI is InChI=1S/C10H14.CH3O6PS/c1-3-6-10-8-5-4-7-9(10)2;1-8(2)5-6-9(3,4)7-8/h4-5,7-8H,3,6H2,1-2H3;1H3. The van der Waals surface area contributed by atoms with Crippen molar-refractivity contribution in [1.82, 2.24) is 0 Å². The third kappa shape index (κ3) is 5.84. The summed E-state index contributed by atoms with van der Waals surface area (Å²) in [5.74, 6) is 0. The van der Waals surface area contributed by atoms with Gasteiger partial charge in [0.2, 0.25) is 0 Å². The normalized spacial score (nSPS) is 24.6. The van der Waals surface area contributed by atoms with Crippen LogP contribution in [0.1, 0.15) is 24.5 Å². The number of hydrogen-bond donors (Lipinski definition) is 0. The molecule has 1 aliphatic heterocycles. The summed E-state index contributed by atoms with van der Waals surface area (Å²) >= 11 is 0. The third-order valence-corrected chi connectivity index (χ3v) is 4.75. The highest BCUT2D eigenvalue weighted by atomic mass is 32.3. The van der Waals surface area contributed by atoms with Gasteiger partial charge in [-0.15, -0.1) is 4.67 Å². The number of hydrogen-bond acceptors (Lipinski definition) is 6. The van der Waals surface area contributed by atoms with Crippen LogP contribution >= 0.6 is 7.60 Å². The molecule has 0 aliphatic carbocycles. The van der Waals surface area contributed by atoms with Crippen LogP contribution in [0.3, 0.4) is 0 Å². The fraction of sp³-hybridized carbons (Fsp3) is 0.455. The van der Waals surface area contributed by atoms with Gasteiger partial charge in [0.1, 0.15) is 0 Å². The Morgan fingerprint density at radius 2 is 1.89 bits per heavy atom. The molecule has 0 saturated carbocycles. The fourth-order valence-corrected chi connectivity index (χ4v) is 3.71. The molecule has 0 aromatic heterocycles. The van der Waals surface area contributed by atoms with E-state index >= 15 is 0 Å². The van der Waals surface area contributed by atoms with Gasteiger partial charge in [-0.3, -0.25) is 4.57 Å². The van der Waals surface area contributed by atoms with Crippen molar-refractivity contribution < 1.29 is 26.0 Å². The van der Waals surface area contributed by atoms with Gasteiger partial charge in [-0.2, -0.15) is 12.4 Å². The van der Waals surface area contributed by atoms with Crippen LogP contribution in [0.4, 0.5) is 0 Å². The summed E-state index contributed by atoms with van der Waals surface area (Å²) < 4.78 is 41.9. The minimum absolute atomic E-state index is 0.984. The van der Waals surface area contributed by atoms with Gasteiger partial charge in [-0.25, -0.2) is 0 Å². The Bertz CT molecular complexity index is 568. The van der Waals surface area contributed by atoms with E-state index in [1.165, 1.54) is 24.0 Å². The maximum absolute atomic E-state index is 10.5. The molecule has 0 radical (unpaired) electrons. The van der Waals surface area contributed by atoms with Crippen LogP contribution in [0, 0.1) is 6.92 Å². The lowest BCUT2D eigenvalue weighted by Crippen LogP contribution is -1.94. The predicted molar refractivity (Wildman–Crippen MR) is 70.9 cm³/mol. The van der Waals surface area contributed by atoms with Gasteiger partial charge in [0, 0.05) is 6.66 Å². The first-order valence-corrected chi connectivity index (χ1v) is 9.04. The molecule has 1 saturated heterocycles. The average molecular weight is 308 g/mol. The maximum atomic E-state index is 10.5. The molecule has 8 heteroatoms. The van der Waals surface area contributed by atoms with E-state index in [0.29, 0.717) is 0 Å². The average Bonchev–Trinajstić information content (AvgIpc) is 2.56. The van der Waals surface area contributed by atoms with Crippen LogP contribution in [0.25, 0.3) is 0 Å². The first kappa shape index (κ1) is 16.3. The molecule has 19 heavy (non-hydrogen) atoms. The molecule has 0 N–H and O–H groups in total. The van der Waals surface area contributed by atoms with Gasteiger partial charge in [-0.05, 0) is 24.5 Å². The van der Waals surface area contributed by atoms with Gasteiger partial charge in [-0.1, -0.05) is 41.9 Å². The second kappa shape index (κ2) is 6.63. The Morgan fingerprint density at radius 1 is 1.26 bits per heavy atom. The van der Waals surface area contributed by atoms with Crippen molar-refractivity contribution in [3.63, 3.8) is 0 Å². The van der Waals surface area contributed by atoms with E-state index in [9.17, 15) is 13.0 Å². The van der Waals surface area contributed by atoms with Gasteiger partial charge in [0.05, 0.1) is 0 Å². The molecule has 1 atom stereocenters. The SMILES string of the molecule is CCCc1ccccc1C.CP1(=O)OOS(=O)(=O)O1. The zero-order valence-corrected chi connectivity index (χ0v) is 12.7. The quantitative estimate of drug-likeness (QED) is 0.617. The van der Waals surface area contributed by atoms with Crippen molar-refractivity contribution in [2.45, 2.75) is 26.7 Å². The summed E-state index contributed by atoms with van der Waals surface area (Å²) in [7, 11) is -7.61. The molecule has 1 unspecified atom stereocenters. The molecular formula is C11H17O6PS. The van der Waals surface area contributed by atoms with E-state index < -0.39 is 18.0 Å². The van der Waals surface area contributed by atoms with Crippen molar-refractivity contribution in [1.29, 1.82) is 0 Å². The Hall–Kier alpha value is -0.720. The maximum Gasteiger partial charge on any atom is 0.434 e. The van der Waals surface area contributed by atoms with Crippen LogP contribution in [-0.4, -0.2) is 15.1 Å². The van der Waals surface area contributed by atoms with Crippen LogP contribution < -0.4 is 0 Å². The lowest BCUT2D eigenvalue weighted by atomic mass is 10.1. The second-order valence-electron chi connectivity index (χ2n) is 4.07. The zero-order chi connectivity index (χ0) is 14.5. The van der Waals surface area contributed by atoms with Crippen LogP contribution in [0.2, 0.25) is 0 Å². The fourth-order valence-electron chi connectivity index (χ4n) is 1.44. The summed E-state index contributed by atoms with van der Waals surface area (Å²) in [5, 5.41) is 0. The van der Waals surface area contributed by atoms with Crippen molar-refractivity contribution in [3.8, 4) is 0 Å². The molecule has 1 heterocycles. The van der Waals surface area contributed by atoms with Crippen LogP contribution in [0.5, 0.6) is 0 Å². The summed E-state index contributed by atoms with van der Waals surface area (Å²) in [6, 6.07) is 8.58. The minimum Gasteiger partial charge on any atom is -0.257 e. The summed E-state index contributed by atoms with van der Waals surface area (Å²) in [6.07, 6.45) is 2.46. The van der Waals surface area contributed by atoms with Crippen molar-refractivity contribution >= 4 is 18.0 Å². The van der Waals surface area contributed by atoms with Crippen molar-refractivity contribution in [2.75, 3.05) is 6.66 Å². The smallest absolute Gasteiger partial charge is 0.257 e. The third-order valence-electron chi connectivity index (χ3n) is 2.26. The largest absolute Gasteiger partial charge is 0.434 e. The molecule has 1 aromatic carbocycles. The predicted octanol–water partition coefficient (Wildman–Crippen LogP) is 2.98. The lowest BCUT2D eigenvalue weighted by molar-refractivity contribution is -0.0779. The summed E-state index contributed by atoms with van der Waals surface area (Å²) in [4.78, 5) is 0. The van der Waals surface area contributed by atoms with Gasteiger partial charge < -0.3 is 0 Å². The Morgan fingerprint density at radius 3 is 2.26 bits per heavy atom. The van der Waals surface area contributed by atoms with Gasteiger partial charge >= 0.3 is 18.0 Å². The monoisotopic (exact) mass is 308 g/mol. The molecule has 6 nitrogen and oxygen atoms in total. The first-order valence-electron chi connectivity index (χ1n) is 5.72. The topological polar surface area (TPSA) is 78.9 Å². The highest BCUT2D eigenvalue weighted by molar-refractivity contribution is 7.88. The van der Waals surface area contributed by atoms with Crippen LogP contribution in [0.15, 0.2) is 24.3 Å². The van der Waals surface area contributed by atoms with Gasteiger partial charge in [0.25, 0.3) is 0 Å². The molecule has 1 aromatic rings. The number of rotatable bonds is 2. The molecule has 108 valence electrons. The zero-order valence-electron chi connectivity index (χ0n) is 11.0. The van der Waals surface area contributed by atoms with Crippen LogP contribution in [-0.2, 0) is 34.4 Å². The lowest BCUT2D eigenvalue weighted by Gasteiger charge is -2.01. The summed E-state index contributed by atoms with van der Waals surface area (Å²) in [6.45, 7) is 5.37. The highest BCUT2D eigenvalue weighted by Crippen LogP contribution is 2.51. The second-order valence-corrected chi connectivity index (χ2v) is 7.31. The highest BCUT2D eigenvalue weighted by Gasteiger charge is 2.38. The molecule has 0 spiro atoms. The number of aryl methyl sites for hydroxylation is 2. The Labute approximate surface area is 113 Å². The van der Waals surface area contributed by atoms with E-state index in [1.54, 1.807) is 0 Å². The first-order chi connectivity index (χ1) is 8.76. The van der Waals surface area contributed by atoms with E-state index in [2.05, 4.69) is 51.1 Å². The Kier molecular flexibility index (Phi) is 5.70. The molecule has 0 bridgehead atoms. The molecule has 0 amide bonds. The van der Waals surface area contributed by atoms with E-state index in [0.717, 1.165) is 6.66 Å². The summed E-state index contributed by atoms with van der Waals surface area (Å²) in [5.41, 5.74) is 2.91. The molecular weight excluding hydrogens is 291 g/mol.